The number of benzene rings is 2. The summed E-state index contributed by atoms with van der Waals surface area (Å²) < 4.78 is 56.3. The van der Waals surface area contributed by atoms with E-state index in [1.807, 2.05) is 27.1 Å². The zero-order valence-corrected chi connectivity index (χ0v) is 20.3. The predicted octanol–water partition coefficient (Wildman–Crippen LogP) is 4.34. The van der Waals surface area contributed by atoms with E-state index in [9.17, 15) is 22.4 Å². The van der Waals surface area contributed by atoms with Crippen LogP contribution in [0.1, 0.15) is 32.7 Å². The fraction of sp³-hybridized carbons (Fsp3) is 0.250. The van der Waals surface area contributed by atoms with Crippen LogP contribution in [0.15, 0.2) is 42.7 Å². The van der Waals surface area contributed by atoms with Gasteiger partial charge >= 0.3 is 6.18 Å². The maximum Gasteiger partial charge on any atom is 0.419 e. The van der Waals surface area contributed by atoms with Crippen molar-refractivity contribution in [3.05, 3.63) is 76.5 Å². The molecule has 0 radical (unpaired) electrons. The number of halogens is 4. The third kappa shape index (κ3) is 4.71. The summed E-state index contributed by atoms with van der Waals surface area (Å²) in [6.07, 6.45) is -1.37. The lowest BCUT2D eigenvalue weighted by atomic mass is 10.1. The van der Waals surface area contributed by atoms with Crippen molar-refractivity contribution in [2.75, 3.05) is 29.3 Å². The highest BCUT2D eigenvalue weighted by Gasteiger charge is 2.36. The maximum absolute atomic E-state index is 14.4. The molecule has 0 atom stereocenters. The van der Waals surface area contributed by atoms with Crippen molar-refractivity contribution in [3.8, 4) is 0 Å². The molecule has 4 rings (SSSR count). The second-order valence-electron chi connectivity index (χ2n) is 8.62. The normalized spacial score (nSPS) is 13.5. The van der Waals surface area contributed by atoms with Gasteiger partial charge in [-0.3, -0.25) is 14.5 Å². The lowest BCUT2D eigenvalue weighted by Crippen LogP contribution is -2.36. The number of hydrogen-bond acceptors (Lipinski definition) is 6. The molecule has 0 fully saturated rings. The van der Waals surface area contributed by atoms with Gasteiger partial charge in [-0.1, -0.05) is 6.07 Å². The summed E-state index contributed by atoms with van der Waals surface area (Å²) in [7, 11) is 4.68. The van der Waals surface area contributed by atoms with E-state index in [0.717, 1.165) is 28.6 Å². The maximum atomic E-state index is 14.4. The number of nitrogens with zero attached hydrogens (tertiary/aromatic N) is 4. The second-order valence-corrected chi connectivity index (χ2v) is 8.62. The van der Waals surface area contributed by atoms with Crippen LogP contribution >= 0.6 is 0 Å². The molecule has 0 saturated carbocycles. The average molecular weight is 504 g/mol. The molecule has 1 aromatic heterocycles. The van der Waals surface area contributed by atoms with Gasteiger partial charge in [-0.2, -0.15) is 18.3 Å². The van der Waals surface area contributed by atoms with E-state index in [1.54, 1.807) is 34.1 Å². The minimum absolute atomic E-state index is 0.172. The summed E-state index contributed by atoms with van der Waals surface area (Å²) in [5.41, 5.74) is 8.50. The van der Waals surface area contributed by atoms with E-state index in [4.69, 9.17) is 0 Å². The number of rotatable bonds is 5. The van der Waals surface area contributed by atoms with Crippen LogP contribution in [0.3, 0.4) is 0 Å². The Morgan fingerprint density at radius 2 is 1.86 bits per heavy atom. The van der Waals surface area contributed by atoms with Crippen LogP contribution in [-0.2, 0) is 13.2 Å². The van der Waals surface area contributed by atoms with Gasteiger partial charge in [-0.15, -0.1) is 5.53 Å². The molecule has 0 bridgehead atoms. The van der Waals surface area contributed by atoms with Gasteiger partial charge in [-0.25, -0.2) is 4.39 Å². The standard InChI is InChI=1S/C24H25F4N7O/c1-13-6-7-15(8-20(13)35-12-19(31-32-35)17-11-29-34(5)14(17)2)23(36)30-16-9-18(24(26,27)28)22(25)21(10-16)33(3)4/h6-12,31-32H,1-5H3,(H,30,36). The molecule has 1 aliphatic heterocycles. The van der Waals surface area contributed by atoms with Gasteiger partial charge in [0.1, 0.15) is 0 Å². The lowest BCUT2D eigenvalue weighted by Gasteiger charge is -2.20. The van der Waals surface area contributed by atoms with E-state index < -0.39 is 23.5 Å². The number of aryl methyl sites for hydroxylation is 2. The summed E-state index contributed by atoms with van der Waals surface area (Å²) in [4.78, 5) is 14.2. The molecule has 190 valence electrons. The molecule has 8 nitrogen and oxygen atoms in total. The van der Waals surface area contributed by atoms with Crippen molar-refractivity contribution in [3.63, 3.8) is 0 Å². The van der Waals surface area contributed by atoms with Crippen LogP contribution in [0.5, 0.6) is 0 Å². The number of alkyl halides is 3. The Morgan fingerprint density at radius 3 is 2.47 bits per heavy atom. The highest BCUT2D eigenvalue weighted by atomic mass is 19.4. The van der Waals surface area contributed by atoms with Gasteiger partial charge in [0, 0.05) is 49.9 Å². The number of anilines is 3. The molecule has 0 spiro atoms. The van der Waals surface area contributed by atoms with E-state index >= 15 is 0 Å². The molecular weight excluding hydrogens is 478 g/mol. The van der Waals surface area contributed by atoms with Crippen LogP contribution in [0.4, 0.5) is 34.6 Å². The summed E-state index contributed by atoms with van der Waals surface area (Å²) in [5.74, 6) is -2.04. The molecule has 0 saturated heterocycles. The molecule has 2 heterocycles. The molecular formula is C24H25F4N7O. The molecule has 12 heteroatoms. The molecule has 3 N–H and O–H groups in total. The van der Waals surface area contributed by atoms with Crippen molar-refractivity contribution in [1.82, 2.24) is 20.7 Å². The molecule has 36 heavy (non-hydrogen) atoms. The first-order valence-corrected chi connectivity index (χ1v) is 10.9. The molecule has 3 aromatic rings. The zero-order chi connectivity index (χ0) is 26.4. The summed E-state index contributed by atoms with van der Waals surface area (Å²) in [6, 6.07) is 6.65. The van der Waals surface area contributed by atoms with Crippen LogP contribution in [-0.4, -0.2) is 29.8 Å². The van der Waals surface area contributed by atoms with Crippen molar-refractivity contribution in [1.29, 1.82) is 0 Å². The first-order valence-electron chi connectivity index (χ1n) is 10.9. The minimum atomic E-state index is -4.92. The minimum Gasteiger partial charge on any atom is -0.375 e. The number of hydrazine groups is 2. The Labute approximate surface area is 205 Å². The number of carbonyl (C=O) groups excluding carboxylic acids is 1. The Morgan fingerprint density at radius 1 is 1.14 bits per heavy atom. The SMILES string of the molecule is Cc1ccc(C(=O)Nc2cc(N(C)C)c(F)c(C(F)(F)F)c2)cc1N1C=C(c2cnn(C)c2C)NN1. The average Bonchev–Trinajstić information content (AvgIpc) is 3.41. The zero-order valence-electron chi connectivity index (χ0n) is 20.3. The van der Waals surface area contributed by atoms with E-state index in [1.165, 1.54) is 19.0 Å². The van der Waals surface area contributed by atoms with E-state index in [0.29, 0.717) is 11.8 Å². The number of hydrogen-bond donors (Lipinski definition) is 3. The van der Waals surface area contributed by atoms with Gasteiger partial charge in [0.25, 0.3) is 5.91 Å². The second kappa shape index (κ2) is 9.19. The quantitative estimate of drug-likeness (QED) is 0.450. The van der Waals surface area contributed by atoms with Crippen LogP contribution < -0.4 is 26.2 Å². The van der Waals surface area contributed by atoms with Crippen LogP contribution in [0, 0.1) is 19.7 Å². The van der Waals surface area contributed by atoms with Gasteiger partial charge in [0.2, 0.25) is 0 Å². The van der Waals surface area contributed by atoms with Gasteiger partial charge in [0.15, 0.2) is 5.82 Å². The predicted molar refractivity (Wildman–Crippen MR) is 130 cm³/mol. The van der Waals surface area contributed by atoms with E-state index in [2.05, 4.69) is 21.4 Å². The first-order chi connectivity index (χ1) is 16.9. The third-order valence-electron chi connectivity index (χ3n) is 5.92. The van der Waals surface area contributed by atoms with Crippen molar-refractivity contribution >= 4 is 28.7 Å². The molecule has 0 unspecified atom stereocenters. The summed E-state index contributed by atoms with van der Waals surface area (Å²) in [5, 5.41) is 8.39. The largest absolute Gasteiger partial charge is 0.419 e. The van der Waals surface area contributed by atoms with Crippen LogP contribution in [0.25, 0.3) is 5.70 Å². The van der Waals surface area contributed by atoms with Crippen molar-refractivity contribution in [2.45, 2.75) is 20.0 Å². The fourth-order valence-electron chi connectivity index (χ4n) is 3.77. The Kier molecular flexibility index (Phi) is 6.39. The van der Waals surface area contributed by atoms with Crippen molar-refractivity contribution < 1.29 is 22.4 Å². The topological polar surface area (TPSA) is 77.5 Å². The summed E-state index contributed by atoms with van der Waals surface area (Å²) >= 11 is 0. The lowest BCUT2D eigenvalue weighted by molar-refractivity contribution is -0.139. The van der Waals surface area contributed by atoms with Crippen molar-refractivity contribution in [2.24, 2.45) is 7.05 Å². The number of amides is 1. The molecule has 1 amide bonds. The first kappa shape index (κ1) is 25.0. The summed E-state index contributed by atoms with van der Waals surface area (Å²) in [6.45, 7) is 3.80. The number of carbonyl (C=O) groups is 1. The molecule has 2 aromatic carbocycles. The van der Waals surface area contributed by atoms with Gasteiger partial charge in [-0.05, 0) is 43.7 Å². The van der Waals surface area contributed by atoms with Gasteiger partial charge in [0.05, 0.1) is 28.8 Å². The third-order valence-corrected chi connectivity index (χ3v) is 5.92. The smallest absolute Gasteiger partial charge is 0.375 e. The Hall–Kier alpha value is -4.06. The Bertz CT molecular complexity index is 1360. The highest BCUT2D eigenvalue weighted by Crippen LogP contribution is 2.37. The molecule has 0 aliphatic carbocycles. The number of nitrogens with one attached hydrogen (secondary N) is 3. The van der Waals surface area contributed by atoms with Crippen LogP contribution in [0.2, 0.25) is 0 Å². The molecule has 1 aliphatic rings. The monoisotopic (exact) mass is 503 g/mol. The Balaban J connectivity index is 1.63. The number of aromatic nitrogens is 2. The fourth-order valence-corrected chi connectivity index (χ4v) is 3.77. The van der Waals surface area contributed by atoms with E-state index in [-0.39, 0.29) is 16.9 Å². The van der Waals surface area contributed by atoms with Gasteiger partial charge < -0.3 is 15.6 Å². The highest BCUT2D eigenvalue weighted by molar-refractivity contribution is 6.05.